The predicted molar refractivity (Wildman–Crippen MR) is 83.3 cm³/mol. The lowest BCUT2D eigenvalue weighted by molar-refractivity contribution is 0.225. The van der Waals surface area contributed by atoms with E-state index in [1.54, 1.807) is 11.3 Å². The van der Waals surface area contributed by atoms with Crippen LogP contribution in [0.2, 0.25) is 0 Å². The quantitative estimate of drug-likeness (QED) is 0.771. The summed E-state index contributed by atoms with van der Waals surface area (Å²) in [7, 11) is 4.01. The van der Waals surface area contributed by atoms with Crippen LogP contribution in [0.15, 0.2) is 35.7 Å². The van der Waals surface area contributed by atoms with E-state index in [0.29, 0.717) is 12.1 Å². The molecule has 0 aliphatic heterocycles. The molecule has 0 aliphatic rings. The Morgan fingerprint density at radius 3 is 2.52 bits per heavy atom. The topological polar surface area (TPSA) is 6.48 Å². The number of hydrogen-bond donors (Lipinski definition) is 0. The smallest absolute Gasteiger partial charge is 0.127 e. The Hall–Kier alpha value is -1.30. The lowest BCUT2D eigenvalue weighted by Gasteiger charge is -2.24. The zero-order chi connectivity index (χ0) is 15.2. The van der Waals surface area contributed by atoms with Gasteiger partial charge in [0, 0.05) is 36.6 Å². The van der Waals surface area contributed by atoms with Gasteiger partial charge in [0.1, 0.15) is 11.6 Å². The summed E-state index contributed by atoms with van der Waals surface area (Å²) in [5.74, 6) is -0.743. The molecule has 1 aromatic heterocycles. The van der Waals surface area contributed by atoms with Crippen LogP contribution in [-0.2, 0) is 13.1 Å². The zero-order valence-electron chi connectivity index (χ0n) is 12.4. The molecule has 2 nitrogen and oxygen atoms in total. The van der Waals surface area contributed by atoms with Crippen LogP contribution in [0.5, 0.6) is 0 Å². The Bertz CT molecular complexity index is 555. The van der Waals surface area contributed by atoms with E-state index in [9.17, 15) is 8.78 Å². The average Bonchev–Trinajstić information content (AvgIpc) is 2.93. The van der Waals surface area contributed by atoms with Gasteiger partial charge in [-0.2, -0.15) is 0 Å². The maximum Gasteiger partial charge on any atom is 0.127 e. The van der Waals surface area contributed by atoms with E-state index in [1.165, 1.54) is 17.0 Å². The van der Waals surface area contributed by atoms with Crippen LogP contribution < -0.4 is 0 Å². The molecule has 1 aromatic carbocycles. The Morgan fingerprint density at radius 2 is 1.86 bits per heavy atom. The molecule has 5 heteroatoms. The summed E-state index contributed by atoms with van der Waals surface area (Å²) in [6, 6.07) is 7.71. The molecular formula is C16H20F2N2S. The minimum absolute atomic E-state index is 0.350. The molecule has 2 aromatic rings. The largest absolute Gasteiger partial charge is 0.308 e. The highest BCUT2D eigenvalue weighted by Gasteiger charge is 2.12. The van der Waals surface area contributed by atoms with Crippen LogP contribution >= 0.6 is 11.3 Å². The first-order chi connectivity index (χ1) is 10.0. The van der Waals surface area contributed by atoms with Gasteiger partial charge in [0.15, 0.2) is 0 Å². The summed E-state index contributed by atoms with van der Waals surface area (Å²) in [5, 5.41) is 2.03. The second-order valence-corrected chi connectivity index (χ2v) is 6.36. The molecule has 0 bridgehead atoms. The van der Waals surface area contributed by atoms with Gasteiger partial charge in [0.25, 0.3) is 0 Å². The van der Waals surface area contributed by atoms with E-state index >= 15 is 0 Å². The molecular weight excluding hydrogens is 290 g/mol. The minimum atomic E-state index is -0.393. The summed E-state index contributed by atoms with van der Waals surface area (Å²) < 4.78 is 27.1. The number of halogens is 2. The van der Waals surface area contributed by atoms with Crippen molar-refractivity contribution in [3.63, 3.8) is 0 Å². The number of thiophene rings is 1. The zero-order valence-corrected chi connectivity index (χ0v) is 13.2. The van der Waals surface area contributed by atoms with Gasteiger partial charge in [0.2, 0.25) is 0 Å². The number of rotatable bonds is 7. The van der Waals surface area contributed by atoms with Crippen molar-refractivity contribution in [2.75, 3.05) is 27.2 Å². The molecule has 0 aliphatic carbocycles. The second-order valence-electron chi connectivity index (χ2n) is 5.33. The summed E-state index contributed by atoms with van der Waals surface area (Å²) in [5.41, 5.74) is 0.408. The Balaban J connectivity index is 2.08. The van der Waals surface area contributed by atoms with E-state index in [2.05, 4.69) is 15.9 Å². The van der Waals surface area contributed by atoms with Crippen LogP contribution in [0.4, 0.5) is 8.78 Å². The molecule has 114 valence electrons. The SMILES string of the molecule is CN(C)CCN(Cc1cccs1)Cc1cc(F)ccc1F. The van der Waals surface area contributed by atoms with Crippen molar-refractivity contribution >= 4 is 11.3 Å². The molecule has 0 saturated carbocycles. The summed E-state index contributed by atoms with van der Waals surface area (Å²) in [6.07, 6.45) is 0. The molecule has 0 saturated heterocycles. The van der Waals surface area contributed by atoms with Crippen molar-refractivity contribution in [2.45, 2.75) is 13.1 Å². The summed E-state index contributed by atoms with van der Waals surface area (Å²) in [6.45, 7) is 2.85. The van der Waals surface area contributed by atoms with Crippen molar-refractivity contribution in [1.29, 1.82) is 0 Å². The third-order valence-electron chi connectivity index (χ3n) is 3.22. The molecule has 0 spiro atoms. The molecule has 2 rings (SSSR count). The minimum Gasteiger partial charge on any atom is -0.308 e. The van der Waals surface area contributed by atoms with Gasteiger partial charge in [-0.3, -0.25) is 4.90 Å². The van der Waals surface area contributed by atoms with Gasteiger partial charge in [-0.1, -0.05) is 6.07 Å². The van der Waals surface area contributed by atoms with Gasteiger partial charge in [-0.15, -0.1) is 11.3 Å². The molecule has 21 heavy (non-hydrogen) atoms. The fourth-order valence-electron chi connectivity index (χ4n) is 2.08. The molecule has 0 atom stereocenters. The van der Waals surface area contributed by atoms with Crippen molar-refractivity contribution in [3.8, 4) is 0 Å². The van der Waals surface area contributed by atoms with E-state index < -0.39 is 5.82 Å². The van der Waals surface area contributed by atoms with E-state index in [4.69, 9.17) is 0 Å². The van der Waals surface area contributed by atoms with Crippen molar-refractivity contribution in [1.82, 2.24) is 9.80 Å². The Labute approximate surface area is 128 Å². The van der Waals surface area contributed by atoms with Gasteiger partial charge in [0.05, 0.1) is 0 Å². The molecule has 0 N–H and O–H groups in total. The molecule has 1 heterocycles. The summed E-state index contributed by atoms with van der Waals surface area (Å²) >= 11 is 1.68. The maximum absolute atomic E-state index is 13.8. The van der Waals surface area contributed by atoms with Crippen molar-refractivity contribution in [3.05, 3.63) is 57.8 Å². The van der Waals surface area contributed by atoms with Crippen LogP contribution in [0.25, 0.3) is 0 Å². The monoisotopic (exact) mass is 310 g/mol. The van der Waals surface area contributed by atoms with Gasteiger partial charge < -0.3 is 4.90 Å². The molecule has 0 unspecified atom stereocenters. The van der Waals surface area contributed by atoms with Crippen LogP contribution in [-0.4, -0.2) is 37.0 Å². The third kappa shape index (κ3) is 5.19. The maximum atomic E-state index is 13.8. The van der Waals surface area contributed by atoms with Crippen LogP contribution in [0.1, 0.15) is 10.4 Å². The fraction of sp³-hybridized carbons (Fsp3) is 0.375. The first-order valence-electron chi connectivity index (χ1n) is 6.88. The van der Waals surface area contributed by atoms with Crippen molar-refractivity contribution in [2.24, 2.45) is 0 Å². The Morgan fingerprint density at radius 1 is 1.05 bits per heavy atom. The second kappa shape index (κ2) is 7.64. The summed E-state index contributed by atoms with van der Waals surface area (Å²) in [4.78, 5) is 5.46. The fourth-order valence-corrected chi connectivity index (χ4v) is 2.83. The molecule has 0 amide bonds. The lowest BCUT2D eigenvalue weighted by Crippen LogP contribution is -2.31. The van der Waals surface area contributed by atoms with Gasteiger partial charge >= 0.3 is 0 Å². The first kappa shape index (κ1) is 16.1. The third-order valence-corrected chi connectivity index (χ3v) is 4.09. The highest BCUT2D eigenvalue weighted by Crippen LogP contribution is 2.17. The highest BCUT2D eigenvalue weighted by atomic mass is 32.1. The van der Waals surface area contributed by atoms with E-state index in [-0.39, 0.29) is 5.82 Å². The predicted octanol–water partition coefficient (Wildman–Crippen LogP) is 3.59. The van der Waals surface area contributed by atoms with E-state index in [1.807, 2.05) is 25.5 Å². The van der Waals surface area contributed by atoms with Crippen LogP contribution in [0.3, 0.4) is 0 Å². The number of hydrogen-bond acceptors (Lipinski definition) is 3. The Kier molecular flexibility index (Phi) is 5.85. The molecule has 0 radical (unpaired) electrons. The van der Waals surface area contributed by atoms with Crippen LogP contribution in [0, 0.1) is 11.6 Å². The lowest BCUT2D eigenvalue weighted by atomic mass is 10.2. The number of likely N-dealkylation sites (N-methyl/N-ethyl adjacent to an activating group) is 1. The van der Waals surface area contributed by atoms with Crippen molar-refractivity contribution < 1.29 is 8.78 Å². The van der Waals surface area contributed by atoms with Gasteiger partial charge in [-0.25, -0.2) is 8.78 Å². The number of nitrogens with zero attached hydrogens (tertiary/aromatic N) is 2. The first-order valence-corrected chi connectivity index (χ1v) is 7.76. The average molecular weight is 310 g/mol. The van der Waals surface area contributed by atoms with E-state index in [0.717, 1.165) is 25.7 Å². The van der Waals surface area contributed by atoms with Gasteiger partial charge in [-0.05, 0) is 43.7 Å². The normalized spacial score (nSPS) is 11.5. The highest BCUT2D eigenvalue weighted by molar-refractivity contribution is 7.09. The number of benzene rings is 1. The molecule has 0 fully saturated rings. The standard InChI is InChI=1S/C16H20F2N2S/c1-19(2)7-8-20(12-15-4-3-9-21-15)11-13-10-14(17)5-6-16(13)18/h3-6,9-10H,7-8,11-12H2,1-2H3.